The van der Waals surface area contributed by atoms with E-state index in [1.807, 2.05) is 24.3 Å². The second-order valence-electron chi connectivity index (χ2n) is 5.54. The highest BCUT2D eigenvalue weighted by Gasteiger charge is 1.95. The second kappa shape index (κ2) is 6.84. The molecule has 0 aliphatic heterocycles. The molecule has 0 aliphatic carbocycles. The van der Waals surface area contributed by atoms with Crippen LogP contribution in [-0.4, -0.2) is 5.11 Å². The molecule has 0 atom stereocenters. The lowest BCUT2D eigenvalue weighted by Gasteiger charge is -2.07. The Morgan fingerprint density at radius 3 is 2.00 bits per heavy atom. The molecule has 3 rings (SSSR count). The Morgan fingerprint density at radius 1 is 0.739 bits per heavy atom. The fourth-order valence-corrected chi connectivity index (χ4v) is 2.30. The van der Waals surface area contributed by atoms with Gasteiger partial charge in [-0.1, -0.05) is 54.1 Å². The monoisotopic (exact) mass is 301 g/mol. The Morgan fingerprint density at radius 2 is 1.35 bits per heavy atom. The standard InChI is InChI=1S/C21H19NO/c1-16-5-11-19(12-6-16)22-20-13-9-17(10-14-20)7-8-18-3-2-4-21(23)15-18/h2-15,22-23H,1H3/b8-7+. The number of hydrogen-bond acceptors (Lipinski definition) is 2. The molecule has 0 fully saturated rings. The van der Waals surface area contributed by atoms with E-state index in [-0.39, 0.29) is 5.75 Å². The van der Waals surface area contributed by atoms with E-state index in [1.54, 1.807) is 12.1 Å². The highest BCUT2D eigenvalue weighted by atomic mass is 16.3. The molecule has 0 aliphatic rings. The smallest absolute Gasteiger partial charge is 0.116 e. The Balaban J connectivity index is 1.68. The Hall–Kier alpha value is -3.00. The van der Waals surface area contributed by atoms with Gasteiger partial charge in [-0.3, -0.25) is 0 Å². The van der Waals surface area contributed by atoms with Gasteiger partial charge in [0, 0.05) is 11.4 Å². The van der Waals surface area contributed by atoms with Crippen LogP contribution in [0.1, 0.15) is 16.7 Å². The average Bonchev–Trinajstić information content (AvgIpc) is 2.56. The fraction of sp³-hybridized carbons (Fsp3) is 0.0476. The van der Waals surface area contributed by atoms with Crippen molar-refractivity contribution < 1.29 is 5.11 Å². The average molecular weight is 301 g/mol. The third-order valence-corrected chi connectivity index (χ3v) is 3.59. The molecule has 0 saturated heterocycles. The first-order valence-corrected chi connectivity index (χ1v) is 7.60. The maximum Gasteiger partial charge on any atom is 0.116 e. The summed E-state index contributed by atoms with van der Waals surface area (Å²) in [5.74, 6) is 0.282. The van der Waals surface area contributed by atoms with Crippen LogP contribution in [0.2, 0.25) is 0 Å². The van der Waals surface area contributed by atoms with Crippen molar-refractivity contribution in [3.05, 3.63) is 89.5 Å². The first-order chi connectivity index (χ1) is 11.2. The summed E-state index contributed by atoms with van der Waals surface area (Å²) < 4.78 is 0. The lowest BCUT2D eigenvalue weighted by molar-refractivity contribution is 0.475. The normalized spacial score (nSPS) is 10.8. The summed E-state index contributed by atoms with van der Waals surface area (Å²) in [7, 11) is 0. The zero-order valence-electron chi connectivity index (χ0n) is 13.0. The molecule has 23 heavy (non-hydrogen) atoms. The summed E-state index contributed by atoms with van der Waals surface area (Å²) in [5.41, 5.74) is 5.49. The van der Waals surface area contributed by atoms with Crippen molar-refractivity contribution in [1.29, 1.82) is 0 Å². The van der Waals surface area contributed by atoms with Crippen LogP contribution < -0.4 is 5.32 Å². The Kier molecular flexibility index (Phi) is 4.44. The van der Waals surface area contributed by atoms with Crippen molar-refractivity contribution in [2.24, 2.45) is 0 Å². The predicted octanol–water partition coefficient (Wildman–Crippen LogP) is 5.61. The molecule has 114 valence electrons. The summed E-state index contributed by atoms with van der Waals surface area (Å²) >= 11 is 0. The van der Waals surface area contributed by atoms with E-state index in [4.69, 9.17) is 0 Å². The number of benzene rings is 3. The molecule has 0 radical (unpaired) electrons. The van der Waals surface area contributed by atoms with Crippen molar-refractivity contribution in [2.45, 2.75) is 6.92 Å². The van der Waals surface area contributed by atoms with Gasteiger partial charge in [0.25, 0.3) is 0 Å². The van der Waals surface area contributed by atoms with E-state index in [2.05, 4.69) is 60.8 Å². The van der Waals surface area contributed by atoms with Crippen LogP contribution in [0.25, 0.3) is 12.2 Å². The molecule has 0 unspecified atom stereocenters. The van der Waals surface area contributed by atoms with E-state index in [0.717, 1.165) is 22.5 Å². The minimum Gasteiger partial charge on any atom is -0.508 e. The van der Waals surface area contributed by atoms with Gasteiger partial charge in [0.2, 0.25) is 0 Å². The quantitative estimate of drug-likeness (QED) is 0.613. The molecule has 3 aromatic rings. The molecular weight excluding hydrogens is 282 g/mol. The number of nitrogens with one attached hydrogen (secondary N) is 1. The molecule has 2 nitrogen and oxygen atoms in total. The predicted molar refractivity (Wildman–Crippen MR) is 97.9 cm³/mol. The fourth-order valence-electron chi connectivity index (χ4n) is 2.30. The highest BCUT2D eigenvalue weighted by molar-refractivity contribution is 5.71. The summed E-state index contributed by atoms with van der Waals surface area (Å²) in [6, 6.07) is 23.8. The number of anilines is 2. The molecule has 0 heterocycles. The Bertz CT molecular complexity index is 802. The highest BCUT2D eigenvalue weighted by Crippen LogP contribution is 2.19. The Labute approximate surface area is 136 Å². The number of hydrogen-bond donors (Lipinski definition) is 2. The van der Waals surface area contributed by atoms with Crippen LogP contribution in [0.3, 0.4) is 0 Å². The first-order valence-electron chi connectivity index (χ1n) is 7.60. The van der Waals surface area contributed by atoms with Gasteiger partial charge in [0.15, 0.2) is 0 Å². The molecule has 0 aromatic heterocycles. The molecule has 3 aromatic carbocycles. The molecule has 2 N–H and O–H groups in total. The van der Waals surface area contributed by atoms with Gasteiger partial charge in [-0.15, -0.1) is 0 Å². The van der Waals surface area contributed by atoms with Crippen LogP contribution in [0.5, 0.6) is 5.75 Å². The van der Waals surface area contributed by atoms with E-state index < -0.39 is 0 Å². The number of aromatic hydroxyl groups is 1. The van der Waals surface area contributed by atoms with E-state index >= 15 is 0 Å². The number of aryl methyl sites for hydroxylation is 1. The van der Waals surface area contributed by atoms with Crippen molar-refractivity contribution in [3.63, 3.8) is 0 Å². The van der Waals surface area contributed by atoms with E-state index in [9.17, 15) is 5.11 Å². The lowest BCUT2D eigenvalue weighted by atomic mass is 10.1. The topological polar surface area (TPSA) is 32.3 Å². The molecule has 0 amide bonds. The zero-order chi connectivity index (χ0) is 16.1. The van der Waals surface area contributed by atoms with Gasteiger partial charge >= 0.3 is 0 Å². The van der Waals surface area contributed by atoms with Crippen LogP contribution in [0, 0.1) is 6.92 Å². The maximum absolute atomic E-state index is 9.46. The molecule has 0 saturated carbocycles. The lowest BCUT2D eigenvalue weighted by Crippen LogP contribution is -1.89. The van der Waals surface area contributed by atoms with Crippen LogP contribution in [0.15, 0.2) is 72.8 Å². The minimum absolute atomic E-state index is 0.282. The summed E-state index contributed by atoms with van der Waals surface area (Å²) in [5, 5.41) is 12.8. The van der Waals surface area contributed by atoms with Crippen molar-refractivity contribution in [1.82, 2.24) is 0 Å². The van der Waals surface area contributed by atoms with E-state index in [1.165, 1.54) is 5.56 Å². The number of rotatable bonds is 4. The zero-order valence-corrected chi connectivity index (χ0v) is 13.0. The van der Waals surface area contributed by atoms with Crippen molar-refractivity contribution in [2.75, 3.05) is 5.32 Å². The molecule has 0 spiro atoms. The maximum atomic E-state index is 9.46. The van der Waals surface area contributed by atoms with Gasteiger partial charge in [0.05, 0.1) is 0 Å². The molecular formula is C21H19NO. The van der Waals surface area contributed by atoms with Crippen LogP contribution in [0.4, 0.5) is 11.4 Å². The van der Waals surface area contributed by atoms with Gasteiger partial charge in [-0.05, 0) is 54.4 Å². The summed E-state index contributed by atoms with van der Waals surface area (Å²) in [4.78, 5) is 0. The van der Waals surface area contributed by atoms with Crippen molar-refractivity contribution in [3.8, 4) is 5.75 Å². The number of phenols is 1. The summed E-state index contributed by atoms with van der Waals surface area (Å²) in [6.45, 7) is 2.08. The van der Waals surface area contributed by atoms with Crippen LogP contribution >= 0.6 is 0 Å². The third kappa shape index (κ3) is 4.24. The van der Waals surface area contributed by atoms with Gasteiger partial charge in [-0.2, -0.15) is 0 Å². The third-order valence-electron chi connectivity index (χ3n) is 3.59. The molecule has 2 heteroatoms. The van der Waals surface area contributed by atoms with Crippen LogP contribution in [-0.2, 0) is 0 Å². The number of phenolic OH excluding ortho intramolecular Hbond substituents is 1. The SMILES string of the molecule is Cc1ccc(Nc2ccc(/C=C/c3cccc(O)c3)cc2)cc1. The largest absolute Gasteiger partial charge is 0.508 e. The van der Waals surface area contributed by atoms with Gasteiger partial charge < -0.3 is 10.4 Å². The van der Waals surface area contributed by atoms with Gasteiger partial charge in [-0.25, -0.2) is 0 Å². The minimum atomic E-state index is 0.282. The van der Waals surface area contributed by atoms with Gasteiger partial charge in [0.1, 0.15) is 5.75 Å². The van der Waals surface area contributed by atoms with E-state index in [0.29, 0.717) is 0 Å². The summed E-state index contributed by atoms with van der Waals surface area (Å²) in [6.07, 6.45) is 4.02. The van der Waals surface area contributed by atoms with Crippen molar-refractivity contribution >= 4 is 23.5 Å². The second-order valence-corrected chi connectivity index (χ2v) is 5.54. The first kappa shape index (κ1) is 14.9. The molecule has 0 bridgehead atoms.